The molecule has 3 N–H and O–H groups in total. The van der Waals surface area contributed by atoms with Gasteiger partial charge in [0.05, 0.1) is 16.6 Å². The molecule has 0 aromatic heterocycles. The number of hydrogen-bond donors (Lipinski definition) is 3. The average Bonchev–Trinajstić information content (AvgIpc) is 3.60. The highest BCUT2D eigenvalue weighted by atomic mass is 35.5. The zero-order valence-corrected chi connectivity index (χ0v) is 24.9. The minimum absolute atomic E-state index is 0.0479. The lowest BCUT2D eigenvalue weighted by molar-refractivity contribution is 0.102. The van der Waals surface area contributed by atoms with Crippen LogP contribution in [0.3, 0.4) is 0 Å². The monoisotopic (exact) mass is 617 g/mol. The highest BCUT2D eigenvalue weighted by molar-refractivity contribution is 7.92. The SMILES string of the molecule is O=C(Nc1ccc(S(=O)(=O)Nc2cc(Cl)cc(Cl)c2)cc1)c1ccc2c(c1)[C@@H]1[C@H]3CC[C@@H](C3)[C@@H]1[C@H](c1ccccc1)N2. The molecule has 4 aromatic carbocycles. The summed E-state index contributed by atoms with van der Waals surface area (Å²) in [7, 11) is -3.88. The van der Waals surface area contributed by atoms with E-state index in [1.807, 2.05) is 12.1 Å². The van der Waals surface area contributed by atoms with Crippen molar-refractivity contribution < 1.29 is 13.2 Å². The molecule has 4 aromatic rings. The lowest BCUT2D eigenvalue weighted by Crippen LogP contribution is -2.35. The molecule has 0 spiro atoms. The minimum atomic E-state index is -3.88. The molecule has 3 aliphatic rings. The highest BCUT2D eigenvalue weighted by Gasteiger charge is 2.53. The van der Waals surface area contributed by atoms with E-state index in [0.717, 1.165) is 5.69 Å². The second kappa shape index (κ2) is 10.6. The number of nitrogens with one attached hydrogen (secondary N) is 3. The van der Waals surface area contributed by atoms with Crippen LogP contribution in [0.15, 0.2) is 95.9 Å². The Labute approximate surface area is 255 Å². The number of benzene rings is 4. The van der Waals surface area contributed by atoms with E-state index < -0.39 is 10.0 Å². The van der Waals surface area contributed by atoms with E-state index in [-0.39, 0.29) is 22.5 Å². The predicted molar refractivity (Wildman–Crippen MR) is 168 cm³/mol. The van der Waals surface area contributed by atoms with Crippen LogP contribution in [0.5, 0.6) is 0 Å². The molecule has 0 saturated heterocycles. The molecule has 7 rings (SSSR count). The van der Waals surface area contributed by atoms with Gasteiger partial charge >= 0.3 is 0 Å². The van der Waals surface area contributed by atoms with Gasteiger partial charge in [-0.05, 0) is 115 Å². The summed E-state index contributed by atoms with van der Waals surface area (Å²) in [5.41, 5.74) is 5.02. The molecular formula is C33H29Cl2N3O3S. The normalized spacial score (nSPS) is 23.9. The molecule has 42 heavy (non-hydrogen) atoms. The number of halogens is 2. The van der Waals surface area contributed by atoms with Crippen LogP contribution in [0.4, 0.5) is 17.1 Å². The number of fused-ring (bicyclic) bond motifs is 7. The van der Waals surface area contributed by atoms with Crippen molar-refractivity contribution in [2.24, 2.45) is 17.8 Å². The molecule has 0 unspecified atom stereocenters. The Bertz CT molecular complexity index is 1760. The van der Waals surface area contributed by atoms with Crippen LogP contribution in [0.1, 0.15) is 52.7 Å². The molecule has 2 saturated carbocycles. The van der Waals surface area contributed by atoms with Gasteiger partial charge in [-0.15, -0.1) is 0 Å². The molecule has 5 atom stereocenters. The van der Waals surface area contributed by atoms with E-state index >= 15 is 0 Å². The van der Waals surface area contributed by atoms with Crippen molar-refractivity contribution in [1.29, 1.82) is 0 Å². The van der Waals surface area contributed by atoms with Gasteiger partial charge in [-0.25, -0.2) is 8.42 Å². The van der Waals surface area contributed by atoms with Crippen molar-refractivity contribution in [3.05, 3.63) is 118 Å². The van der Waals surface area contributed by atoms with E-state index in [1.54, 1.807) is 12.1 Å². The van der Waals surface area contributed by atoms with Gasteiger partial charge in [-0.2, -0.15) is 0 Å². The fraction of sp³-hybridized carbons (Fsp3) is 0.242. The van der Waals surface area contributed by atoms with Gasteiger partial charge in [0.1, 0.15) is 0 Å². The van der Waals surface area contributed by atoms with Crippen molar-refractivity contribution in [2.45, 2.75) is 36.1 Å². The smallest absolute Gasteiger partial charge is 0.261 e. The van der Waals surface area contributed by atoms with Gasteiger partial charge in [-0.3, -0.25) is 9.52 Å². The number of hydrogen-bond acceptors (Lipinski definition) is 4. The highest BCUT2D eigenvalue weighted by Crippen LogP contribution is 2.63. The van der Waals surface area contributed by atoms with Gasteiger partial charge in [0.15, 0.2) is 0 Å². The van der Waals surface area contributed by atoms with Crippen LogP contribution < -0.4 is 15.4 Å². The zero-order valence-electron chi connectivity index (χ0n) is 22.6. The topological polar surface area (TPSA) is 87.3 Å². The average molecular weight is 619 g/mol. The van der Waals surface area contributed by atoms with Gasteiger partial charge in [0, 0.05) is 27.0 Å². The largest absolute Gasteiger partial charge is 0.378 e. The van der Waals surface area contributed by atoms with E-state index in [2.05, 4.69) is 51.8 Å². The summed E-state index contributed by atoms with van der Waals surface area (Å²) in [6, 6.07) is 27.5. The molecule has 214 valence electrons. The predicted octanol–water partition coefficient (Wildman–Crippen LogP) is 8.34. The van der Waals surface area contributed by atoms with Gasteiger partial charge in [-0.1, -0.05) is 53.5 Å². The van der Waals surface area contributed by atoms with Crippen LogP contribution in [0.2, 0.25) is 10.0 Å². The summed E-state index contributed by atoms with van der Waals surface area (Å²) in [6.45, 7) is 0. The maximum Gasteiger partial charge on any atom is 0.261 e. The maximum atomic E-state index is 13.3. The fourth-order valence-electron chi connectivity index (χ4n) is 7.37. The first-order chi connectivity index (χ1) is 20.2. The third-order valence-corrected chi connectivity index (χ3v) is 10.9. The zero-order chi connectivity index (χ0) is 29.0. The number of carbonyl (C=O) groups excluding carboxylic acids is 1. The number of rotatable bonds is 6. The molecular weight excluding hydrogens is 589 g/mol. The van der Waals surface area contributed by atoms with Gasteiger partial charge in [0.25, 0.3) is 15.9 Å². The summed E-state index contributed by atoms with van der Waals surface area (Å²) in [4.78, 5) is 13.4. The Morgan fingerprint density at radius 2 is 1.52 bits per heavy atom. The minimum Gasteiger partial charge on any atom is -0.378 e. The summed E-state index contributed by atoms with van der Waals surface area (Å²) >= 11 is 12.0. The Hall–Kier alpha value is -3.52. The first-order valence-electron chi connectivity index (χ1n) is 14.1. The second-order valence-corrected chi connectivity index (χ2v) is 14.1. The van der Waals surface area contributed by atoms with Crippen LogP contribution in [-0.2, 0) is 10.0 Å². The van der Waals surface area contributed by atoms with Crippen molar-refractivity contribution in [1.82, 2.24) is 0 Å². The molecule has 0 radical (unpaired) electrons. The van der Waals surface area contributed by atoms with Gasteiger partial charge in [0.2, 0.25) is 0 Å². The van der Waals surface area contributed by atoms with Crippen molar-refractivity contribution in [3.63, 3.8) is 0 Å². The Morgan fingerprint density at radius 3 is 2.26 bits per heavy atom. The summed E-state index contributed by atoms with van der Waals surface area (Å²) < 4.78 is 28.3. The van der Waals surface area contributed by atoms with Crippen LogP contribution in [-0.4, -0.2) is 14.3 Å². The molecule has 1 heterocycles. The quantitative estimate of drug-likeness (QED) is 0.203. The number of sulfonamides is 1. The lowest BCUT2D eigenvalue weighted by atomic mass is 9.68. The summed E-state index contributed by atoms with van der Waals surface area (Å²) in [5.74, 6) is 2.07. The van der Waals surface area contributed by atoms with E-state index in [4.69, 9.17) is 23.2 Å². The van der Waals surface area contributed by atoms with Gasteiger partial charge < -0.3 is 10.6 Å². The first kappa shape index (κ1) is 27.3. The Balaban J connectivity index is 1.10. The molecule has 6 nitrogen and oxygen atoms in total. The Morgan fingerprint density at radius 1 is 0.810 bits per heavy atom. The van der Waals surface area contributed by atoms with E-state index in [0.29, 0.717) is 45.0 Å². The molecule has 2 fully saturated rings. The maximum absolute atomic E-state index is 13.3. The van der Waals surface area contributed by atoms with E-state index in [1.165, 1.54) is 60.7 Å². The van der Waals surface area contributed by atoms with Crippen molar-refractivity contribution >= 4 is 56.2 Å². The second-order valence-electron chi connectivity index (χ2n) is 11.5. The standard InChI is InChI=1S/C33H29Cl2N3O3S/c34-23-16-24(35)18-26(17-23)38-42(40,41)27-11-9-25(10-12-27)36-33(39)22-8-13-29-28(15-22)30-20-6-7-21(14-20)31(30)32(37-29)19-4-2-1-3-5-19/h1-5,8-13,15-18,20-21,30-32,37-38H,6-7,14H2,(H,36,39)/t20-,21-,30-,31-,32-/m0/s1. The molecule has 2 bridgehead atoms. The summed E-state index contributed by atoms with van der Waals surface area (Å²) in [6.07, 6.45) is 3.78. The third kappa shape index (κ3) is 5.04. The van der Waals surface area contributed by atoms with Crippen LogP contribution >= 0.6 is 23.2 Å². The third-order valence-electron chi connectivity index (χ3n) is 9.05. The van der Waals surface area contributed by atoms with Crippen molar-refractivity contribution in [2.75, 3.05) is 15.4 Å². The molecule has 1 amide bonds. The van der Waals surface area contributed by atoms with E-state index in [9.17, 15) is 13.2 Å². The number of carbonyl (C=O) groups is 1. The first-order valence-corrected chi connectivity index (χ1v) is 16.3. The molecule has 9 heteroatoms. The number of anilines is 3. The fourth-order valence-corrected chi connectivity index (χ4v) is 8.93. The van der Waals surface area contributed by atoms with Crippen LogP contribution in [0.25, 0.3) is 0 Å². The number of amides is 1. The van der Waals surface area contributed by atoms with Crippen molar-refractivity contribution in [3.8, 4) is 0 Å². The Kier molecular flexibility index (Phi) is 6.92. The molecule has 2 aliphatic carbocycles. The summed E-state index contributed by atoms with van der Waals surface area (Å²) in [5, 5.41) is 7.39. The lowest BCUT2D eigenvalue weighted by Gasteiger charge is -2.43. The molecule has 1 aliphatic heterocycles. The van der Waals surface area contributed by atoms with Crippen LogP contribution in [0, 0.1) is 17.8 Å².